The summed E-state index contributed by atoms with van der Waals surface area (Å²) < 4.78 is 24.6. The molecule has 4 rings (SSSR count). The number of nitrogens with one attached hydrogen (secondary N) is 1. The number of imide groups is 1. The van der Waals surface area contributed by atoms with Gasteiger partial charge in [0.05, 0.1) is 17.0 Å². The first-order valence-corrected chi connectivity index (χ1v) is 11.9. The van der Waals surface area contributed by atoms with Crippen LogP contribution in [0.15, 0.2) is 71.6 Å². The van der Waals surface area contributed by atoms with Gasteiger partial charge in [0.25, 0.3) is 11.1 Å². The van der Waals surface area contributed by atoms with Gasteiger partial charge in [0.1, 0.15) is 19.0 Å². The van der Waals surface area contributed by atoms with E-state index in [1.807, 2.05) is 30.3 Å². The van der Waals surface area contributed by atoms with Gasteiger partial charge in [-0.3, -0.25) is 19.3 Å². The van der Waals surface area contributed by atoms with Gasteiger partial charge in [-0.15, -0.1) is 0 Å². The van der Waals surface area contributed by atoms with Crippen molar-refractivity contribution in [2.75, 3.05) is 19.0 Å². The van der Waals surface area contributed by atoms with Crippen molar-refractivity contribution in [1.29, 1.82) is 0 Å². The van der Waals surface area contributed by atoms with Crippen LogP contribution in [0.4, 0.5) is 14.9 Å². The predicted octanol–water partition coefficient (Wildman–Crippen LogP) is 5.74. The van der Waals surface area contributed by atoms with Crippen LogP contribution in [0.2, 0.25) is 5.02 Å². The first-order chi connectivity index (χ1) is 17.3. The molecule has 1 aliphatic heterocycles. The lowest BCUT2D eigenvalue weighted by Gasteiger charge is -2.14. The van der Waals surface area contributed by atoms with Crippen LogP contribution in [0.5, 0.6) is 11.5 Å². The molecule has 1 aliphatic rings. The Morgan fingerprint density at radius 2 is 1.89 bits per heavy atom. The minimum Gasteiger partial charge on any atom is -0.493 e. The molecule has 36 heavy (non-hydrogen) atoms. The number of amides is 3. The third kappa shape index (κ3) is 6.05. The van der Waals surface area contributed by atoms with Crippen molar-refractivity contribution < 1.29 is 28.2 Å². The summed E-state index contributed by atoms with van der Waals surface area (Å²) in [5.74, 6) is -1.07. The molecule has 3 amide bonds. The molecule has 184 valence electrons. The number of carbonyl (C=O) groups excluding carboxylic acids is 3. The quantitative estimate of drug-likeness (QED) is 0.377. The van der Waals surface area contributed by atoms with Crippen molar-refractivity contribution in [3.05, 3.63) is 93.6 Å². The summed E-state index contributed by atoms with van der Waals surface area (Å²) in [7, 11) is 1.47. The van der Waals surface area contributed by atoms with E-state index in [4.69, 9.17) is 21.1 Å². The zero-order valence-corrected chi connectivity index (χ0v) is 20.6. The molecular formula is C26H20ClFN2O5S. The molecule has 0 aliphatic carbocycles. The maximum absolute atomic E-state index is 13.3. The van der Waals surface area contributed by atoms with E-state index in [1.165, 1.54) is 31.4 Å². The SMILES string of the molecule is COc1cc(/C=C2/SC(=O)N(CC(=O)Nc3cccc(F)c3)C2=O)cc(Cl)c1OCc1ccccc1. The average Bonchev–Trinajstić information content (AvgIpc) is 3.11. The Kier molecular flexibility index (Phi) is 7.92. The largest absolute Gasteiger partial charge is 0.493 e. The van der Waals surface area contributed by atoms with Crippen molar-refractivity contribution in [3.63, 3.8) is 0 Å². The lowest BCUT2D eigenvalue weighted by molar-refractivity contribution is -0.127. The maximum atomic E-state index is 13.3. The number of rotatable bonds is 8. The zero-order chi connectivity index (χ0) is 25.7. The second kappa shape index (κ2) is 11.3. The summed E-state index contributed by atoms with van der Waals surface area (Å²) in [5, 5.41) is 2.14. The van der Waals surface area contributed by atoms with Crippen LogP contribution in [-0.4, -0.2) is 35.6 Å². The Morgan fingerprint density at radius 1 is 1.11 bits per heavy atom. The summed E-state index contributed by atoms with van der Waals surface area (Å²) in [6.07, 6.45) is 1.49. The minimum atomic E-state index is -0.631. The number of benzene rings is 3. The fourth-order valence-electron chi connectivity index (χ4n) is 3.39. The molecule has 1 N–H and O–H groups in total. The number of nitrogens with zero attached hydrogens (tertiary/aromatic N) is 1. The number of ether oxygens (including phenoxy) is 2. The van der Waals surface area contributed by atoms with Gasteiger partial charge in [-0.2, -0.15) is 0 Å². The van der Waals surface area contributed by atoms with E-state index < -0.39 is 29.4 Å². The van der Waals surface area contributed by atoms with E-state index in [2.05, 4.69) is 5.32 Å². The van der Waals surface area contributed by atoms with Crippen molar-refractivity contribution in [1.82, 2.24) is 4.90 Å². The van der Waals surface area contributed by atoms with E-state index in [0.717, 1.165) is 16.5 Å². The lowest BCUT2D eigenvalue weighted by atomic mass is 10.1. The molecule has 0 atom stereocenters. The van der Waals surface area contributed by atoms with Gasteiger partial charge < -0.3 is 14.8 Å². The maximum Gasteiger partial charge on any atom is 0.294 e. The summed E-state index contributed by atoms with van der Waals surface area (Å²) in [4.78, 5) is 38.5. The highest BCUT2D eigenvalue weighted by molar-refractivity contribution is 8.18. The number of hydrogen-bond donors (Lipinski definition) is 1. The van der Waals surface area contributed by atoms with Crippen molar-refractivity contribution in [3.8, 4) is 11.5 Å². The summed E-state index contributed by atoms with van der Waals surface area (Å²) >= 11 is 7.13. The molecule has 0 unspecified atom stereocenters. The van der Waals surface area contributed by atoms with Gasteiger partial charge in [-0.25, -0.2) is 4.39 Å². The molecule has 7 nitrogen and oxygen atoms in total. The van der Waals surface area contributed by atoms with Crippen LogP contribution in [-0.2, 0) is 16.2 Å². The topological polar surface area (TPSA) is 84.9 Å². The van der Waals surface area contributed by atoms with Crippen LogP contribution in [0.1, 0.15) is 11.1 Å². The Hall–Kier alpha value is -3.82. The van der Waals surface area contributed by atoms with E-state index in [1.54, 1.807) is 12.1 Å². The predicted molar refractivity (Wildman–Crippen MR) is 136 cm³/mol. The van der Waals surface area contributed by atoms with Gasteiger partial charge in [-0.1, -0.05) is 48.0 Å². The van der Waals surface area contributed by atoms with Crippen molar-refractivity contribution in [2.45, 2.75) is 6.61 Å². The Balaban J connectivity index is 1.47. The second-order valence-electron chi connectivity index (χ2n) is 7.63. The van der Waals surface area contributed by atoms with Gasteiger partial charge in [0.2, 0.25) is 5.91 Å². The number of hydrogen-bond acceptors (Lipinski definition) is 6. The lowest BCUT2D eigenvalue weighted by Crippen LogP contribution is -2.36. The average molecular weight is 527 g/mol. The molecule has 1 heterocycles. The van der Waals surface area contributed by atoms with E-state index in [-0.39, 0.29) is 22.2 Å². The molecule has 1 saturated heterocycles. The molecular weight excluding hydrogens is 507 g/mol. The third-order valence-electron chi connectivity index (χ3n) is 5.06. The van der Waals surface area contributed by atoms with Gasteiger partial charge >= 0.3 is 0 Å². The van der Waals surface area contributed by atoms with Gasteiger partial charge in [0, 0.05) is 5.69 Å². The molecule has 0 bridgehead atoms. The molecule has 1 fully saturated rings. The van der Waals surface area contributed by atoms with Crippen LogP contribution in [0.3, 0.4) is 0 Å². The minimum absolute atomic E-state index is 0.120. The first-order valence-electron chi connectivity index (χ1n) is 10.7. The van der Waals surface area contributed by atoms with Gasteiger partial charge in [-0.05, 0) is 59.3 Å². The van der Waals surface area contributed by atoms with Crippen LogP contribution < -0.4 is 14.8 Å². The Labute approximate surface area is 215 Å². The van der Waals surface area contributed by atoms with Crippen molar-refractivity contribution >= 4 is 52.2 Å². The summed E-state index contributed by atoms with van der Waals surface area (Å²) in [6.45, 7) is -0.221. The van der Waals surface area contributed by atoms with Crippen LogP contribution in [0, 0.1) is 5.82 Å². The standard InChI is InChI=1S/C26H20ClFN2O5S/c1-34-21-11-17(10-20(27)24(21)35-15-16-6-3-2-4-7-16)12-22-25(32)30(26(33)36-22)14-23(31)29-19-9-5-8-18(28)13-19/h2-13H,14-15H2,1H3,(H,29,31)/b22-12+. The molecule has 0 aromatic heterocycles. The van der Waals surface area contributed by atoms with E-state index in [9.17, 15) is 18.8 Å². The second-order valence-corrected chi connectivity index (χ2v) is 9.04. The molecule has 0 saturated carbocycles. The van der Waals surface area contributed by atoms with Crippen LogP contribution in [0.25, 0.3) is 6.08 Å². The fourth-order valence-corrected chi connectivity index (χ4v) is 4.50. The smallest absolute Gasteiger partial charge is 0.294 e. The monoisotopic (exact) mass is 526 g/mol. The molecule has 3 aromatic carbocycles. The van der Waals surface area contributed by atoms with Gasteiger partial charge in [0.15, 0.2) is 11.5 Å². The number of thioether (sulfide) groups is 1. The Bertz CT molecular complexity index is 1350. The van der Waals surface area contributed by atoms with Crippen LogP contribution >= 0.6 is 23.4 Å². The summed E-state index contributed by atoms with van der Waals surface area (Å²) in [6, 6.07) is 18.1. The number of carbonyl (C=O) groups is 3. The fraction of sp³-hybridized carbons (Fsp3) is 0.115. The highest BCUT2D eigenvalue weighted by Gasteiger charge is 2.36. The third-order valence-corrected chi connectivity index (χ3v) is 6.25. The number of anilines is 1. The molecule has 0 radical (unpaired) electrons. The highest BCUT2D eigenvalue weighted by Crippen LogP contribution is 2.39. The number of methoxy groups -OCH3 is 1. The normalized spacial score (nSPS) is 14.3. The Morgan fingerprint density at radius 3 is 2.61 bits per heavy atom. The number of halogens is 2. The summed E-state index contributed by atoms with van der Waals surface area (Å²) in [5.41, 5.74) is 1.69. The van der Waals surface area contributed by atoms with E-state index >= 15 is 0 Å². The highest BCUT2D eigenvalue weighted by atomic mass is 35.5. The van der Waals surface area contributed by atoms with Crippen molar-refractivity contribution in [2.24, 2.45) is 0 Å². The van der Waals surface area contributed by atoms with E-state index in [0.29, 0.717) is 28.8 Å². The molecule has 10 heteroatoms. The zero-order valence-electron chi connectivity index (χ0n) is 19.0. The first kappa shape index (κ1) is 25.3. The molecule has 3 aromatic rings. The molecule has 0 spiro atoms.